The Hall–Kier alpha value is -5.19. The third kappa shape index (κ3) is 3.71. The zero-order valence-corrected chi connectivity index (χ0v) is 30.4. The number of nitrogens with zero attached hydrogens (tertiary/aromatic N) is 2. The van der Waals surface area contributed by atoms with E-state index in [-0.39, 0.29) is 17.7 Å². The predicted molar refractivity (Wildman–Crippen MR) is 217 cm³/mol. The molecular formula is C47H37BN2S. The number of benzene rings is 7. The van der Waals surface area contributed by atoms with E-state index in [0.29, 0.717) is 0 Å². The number of rotatable bonds is 1. The smallest absolute Gasteiger partial charge is 0.333 e. The van der Waals surface area contributed by atoms with Crippen molar-refractivity contribution in [1.29, 1.82) is 0 Å². The van der Waals surface area contributed by atoms with E-state index < -0.39 is 0 Å². The highest BCUT2D eigenvalue weighted by molar-refractivity contribution is 7.99. The van der Waals surface area contributed by atoms with Crippen molar-refractivity contribution in [1.82, 2.24) is 0 Å². The molecule has 0 radical (unpaired) electrons. The Balaban J connectivity index is 1.33. The molecule has 3 aliphatic heterocycles. The Bertz CT molecular complexity index is 2670. The minimum atomic E-state index is -0.154. The number of hydrogen-bond donors (Lipinski definition) is 0. The van der Waals surface area contributed by atoms with Gasteiger partial charge in [0.05, 0.1) is 17.1 Å². The molecule has 2 nitrogen and oxygen atoms in total. The van der Waals surface area contributed by atoms with Crippen LogP contribution in [0.2, 0.25) is 0 Å². The first-order valence-electron chi connectivity index (χ1n) is 18.1. The summed E-state index contributed by atoms with van der Waals surface area (Å²) in [5.74, 6) is 0. The summed E-state index contributed by atoms with van der Waals surface area (Å²) in [6, 6.07) is 50.8. The highest BCUT2D eigenvalue weighted by Gasteiger charge is 2.50. The molecule has 0 fully saturated rings. The van der Waals surface area contributed by atoms with Gasteiger partial charge in [0.15, 0.2) is 0 Å². The molecule has 0 N–H and O–H groups in total. The summed E-state index contributed by atoms with van der Waals surface area (Å²) >= 11 is 1.90. The summed E-state index contributed by atoms with van der Waals surface area (Å²) in [5.41, 5.74) is 18.5. The average molecular weight is 673 g/mol. The predicted octanol–water partition coefficient (Wildman–Crippen LogP) is 11.3. The van der Waals surface area contributed by atoms with Crippen LogP contribution in [0.3, 0.4) is 0 Å². The van der Waals surface area contributed by atoms with Crippen LogP contribution >= 0.6 is 11.8 Å². The third-order valence-corrected chi connectivity index (χ3v) is 13.5. The molecule has 0 bridgehead atoms. The SMILES string of the molecule is Cc1ccccc1N1B2c3cccc4c3N(c3ccccc3S4)c3c2c(cc2ccccc32)-c2cc3c(cc21)C(C)(C)c1ccccc1C3(C)C. The molecule has 1 aliphatic carbocycles. The largest absolute Gasteiger partial charge is 0.376 e. The fourth-order valence-electron chi connectivity index (χ4n) is 9.93. The second-order valence-corrected chi connectivity index (χ2v) is 16.9. The molecule has 7 aromatic rings. The molecule has 3 heterocycles. The summed E-state index contributed by atoms with van der Waals surface area (Å²) in [4.78, 5) is 7.92. The van der Waals surface area contributed by atoms with Gasteiger partial charge in [0, 0.05) is 42.9 Å². The maximum Gasteiger partial charge on any atom is 0.333 e. The molecule has 0 aromatic heterocycles. The molecule has 0 amide bonds. The van der Waals surface area contributed by atoms with E-state index in [9.17, 15) is 0 Å². The maximum atomic E-state index is 2.70. The first-order valence-corrected chi connectivity index (χ1v) is 19.0. The quantitative estimate of drug-likeness (QED) is 0.160. The van der Waals surface area contributed by atoms with Gasteiger partial charge < -0.3 is 9.71 Å². The fraction of sp³-hybridized carbons (Fsp3) is 0.149. The summed E-state index contributed by atoms with van der Waals surface area (Å²) in [7, 11) is 0. The van der Waals surface area contributed by atoms with Crippen molar-refractivity contribution >= 4 is 68.7 Å². The molecule has 11 rings (SSSR count). The van der Waals surface area contributed by atoms with Crippen molar-refractivity contribution < 1.29 is 0 Å². The zero-order chi connectivity index (χ0) is 34.4. The van der Waals surface area contributed by atoms with Gasteiger partial charge in [-0.15, -0.1) is 0 Å². The summed E-state index contributed by atoms with van der Waals surface area (Å²) in [6.45, 7) is 12.0. The van der Waals surface area contributed by atoms with Crippen molar-refractivity contribution in [2.24, 2.45) is 0 Å². The van der Waals surface area contributed by atoms with Crippen LogP contribution in [0.1, 0.15) is 55.5 Å². The topological polar surface area (TPSA) is 6.48 Å². The number of hydrogen-bond acceptors (Lipinski definition) is 3. The molecule has 0 saturated heterocycles. The first kappa shape index (κ1) is 29.5. The van der Waals surface area contributed by atoms with Crippen LogP contribution in [0, 0.1) is 6.92 Å². The van der Waals surface area contributed by atoms with Crippen LogP contribution < -0.4 is 20.6 Å². The lowest BCUT2D eigenvalue weighted by molar-refractivity contribution is 0.521. The van der Waals surface area contributed by atoms with Gasteiger partial charge in [-0.05, 0) is 99.1 Å². The molecule has 7 aromatic carbocycles. The minimum absolute atomic E-state index is 0.00434. The molecule has 244 valence electrons. The number of para-hydroxylation sites is 3. The Kier molecular flexibility index (Phi) is 5.78. The fourth-order valence-corrected chi connectivity index (χ4v) is 11.0. The van der Waals surface area contributed by atoms with Crippen molar-refractivity contribution in [3.8, 4) is 11.1 Å². The third-order valence-electron chi connectivity index (χ3n) is 12.4. The van der Waals surface area contributed by atoms with E-state index in [1.54, 1.807) is 0 Å². The van der Waals surface area contributed by atoms with E-state index in [2.05, 4.69) is 178 Å². The molecule has 4 aliphatic rings. The summed E-state index contributed by atoms with van der Waals surface area (Å²) in [5, 5.41) is 2.57. The van der Waals surface area contributed by atoms with Gasteiger partial charge in [0.25, 0.3) is 0 Å². The van der Waals surface area contributed by atoms with Crippen LogP contribution in [0.15, 0.2) is 143 Å². The lowest BCUT2D eigenvalue weighted by Crippen LogP contribution is -2.62. The Morgan fingerprint density at radius 2 is 1.18 bits per heavy atom. The Morgan fingerprint density at radius 1 is 0.529 bits per heavy atom. The number of aryl methyl sites for hydroxylation is 1. The second kappa shape index (κ2) is 9.99. The molecule has 0 atom stereocenters. The van der Waals surface area contributed by atoms with E-state index in [1.165, 1.54) is 98.9 Å². The van der Waals surface area contributed by atoms with Crippen molar-refractivity contribution in [3.63, 3.8) is 0 Å². The second-order valence-electron chi connectivity index (χ2n) is 15.8. The zero-order valence-electron chi connectivity index (χ0n) is 29.6. The molecule has 0 saturated carbocycles. The monoisotopic (exact) mass is 672 g/mol. The number of anilines is 5. The Morgan fingerprint density at radius 3 is 1.96 bits per heavy atom. The van der Waals surface area contributed by atoms with Crippen molar-refractivity contribution in [3.05, 3.63) is 161 Å². The maximum absolute atomic E-state index is 2.70. The summed E-state index contributed by atoms with van der Waals surface area (Å²) in [6.07, 6.45) is 0. The van der Waals surface area contributed by atoms with Gasteiger partial charge >= 0.3 is 6.85 Å². The lowest BCUT2D eigenvalue weighted by Gasteiger charge is -2.50. The first-order chi connectivity index (χ1) is 24.7. The van der Waals surface area contributed by atoms with Gasteiger partial charge in [-0.1, -0.05) is 130 Å². The number of fused-ring (bicyclic) bond motifs is 10. The summed E-state index contributed by atoms with van der Waals surface area (Å²) < 4.78 is 0. The minimum Gasteiger partial charge on any atom is -0.376 e. The lowest BCUT2D eigenvalue weighted by atomic mass is 9.43. The van der Waals surface area contributed by atoms with Crippen LogP contribution in [-0.2, 0) is 10.8 Å². The van der Waals surface area contributed by atoms with Crippen molar-refractivity contribution in [2.45, 2.75) is 55.2 Å². The van der Waals surface area contributed by atoms with E-state index in [1.807, 2.05) is 11.8 Å². The molecule has 0 unspecified atom stereocenters. The van der Waals surface area contributed by atoms with Gasteiger partial charge in [-0.25, -0.2) is 0 Å². The molecule has 51 heavy (non-hydrogen) atoms. The Labute approximate surface area is 304 Å². The normalized spacial score (nSPS) is 16.5. The van der Waals surface area contributed by atoms with E-state index in [0.717, 1.165) is 0 Å². The molecular weight excluding hydrogens is 635 g/mol. The highest BCUT2D eigenvalue weighted by atomic mass is 32.2. The van der Waals surface area contributed by atoms with Gasteiger partial charge in [-0.2, -0.15) is 0 Å². The molecule has 4 heteroatoms. The van der Waals surface area contributed by atoms with E-state index >= 15 is 0 Å². The van der Waals surface area contributed by atoms with Gasteiger partial charge in [0.2, 0.25) is 0 Å². The van der Waals surface area contributed by atoms with Crippen molar-refractivity contribution in [2.75, 3.05) is 9.71 Å². The van der Waals surface area contributed by atoms with Gasteiger partial charge in [0.1, 0.15) is 0 Å². The van der Waals surface area contributed by atoms with Crippen LogP contribution in [0.5, 0.6) is 0 Å². The van der Waals surface area contributed by atoms with Crippen LogP contribution in [0.25, 0.3) is 21.9 Å². The average Bonchev–Trinajstić information content (AvgIpc) is 3.15. The van der Waals surface area contributed by atoms with Crippen LogP contribution in [0.4, 0.5) is 28.4 Å². The highest BCUT2D eigenvalue weighted by Crippen LogP contribution is 2.58. The molecule has 0 spiro atoms. The van der Waals surface area contributed by atoms with Gasteiger partial charge in [-0.3, -0.25) is 0 Å². The van der Waals surface area contributed by atoms with E-state index in [4.69, 9.17) is 0 Å². The standard InChI is InChI=1S/C47H37BN2S/c1-28-15-6-11-21-38(28)50-40-27-36-35(46(2,3)33-18-9-10-19-34(33)47(36,4)5)26-31(40)32-25-29-16-7-8-17-30(29)44-43(32)48(50)37-20-14-24-42-45(37)49(44)39-22-12-13-23-41(39)51-42/h6-27H,1-5H3. The van der Waals surface area contributed by atoms with Crippen LogP contribution in [-0.4, -0.2) is 6.85 Å².